The van der Waals surface area contributed by atoms with Gasteiger partial charge in [0.1, 0.15) is 0 Å². The average Bonchev–Trinajstić information content (AvgIpc) is 3.16. The molecule has 0 fully saturated rings. The van der Waals surface area contributed by atoms with Crippen molar-refractivity contribution in [1.29, 1.82) is 0 Å². The fourth-order valence-electron chi connectivity index (χ4n) is 2.56. The maximum atomic E-state index is 12.6. The van der Waals surface area contributed by atoms with Gasteiger partial charge < -0.3 is 4.42 Å². The summed E-state index contributed by atoms with van der Waals surface area (Å²) in [5.74, 6) is 0.718. The van der Waals surface area contributed by atoms with Gasteiger partial charge in [-0.05, 0) is 12.0 Å². The van der Waals surface area contributed by atoms with Gasteiger partial charge in [0.05, 0.1) is 22.6 Å². The van der Waals surface area contributed by atoms with E-state index in [0.29, 0.717) is 17.7 Å². The largest absolute Gasteiger partial charge is 0.439 e. The quantitative estimate of drug-likeness (QED) is 0.491. The van der Waals surface area contributed by atoms with Gasteiger partial charge in [-0.2, -0.15) is 0 Å². The van der Waals surface area contributed by atoms with Crippen LogP contribution in [0.3, 0.4) is 0 Å². The Morgan fingerprint density at radius 3 is 2.59 bits per heavy atom. The summed E-state index contributed by atoms with van der Waals surface area (Å²) in [6.07, 6.45) is 1.94. The zero-order chi connectivity index (χ0) is 19.4. The van der Waals surface area contributed by atoms with Crippen LogP contribution in [0.15, 0.2) is 64.0 Å². The predicted octanol–water partition coefficient (Wildman–Crippen LogP) is 3.29. The number of nitro benzene ring substituents is 1. The van der Waals surface area contributed by atoms with Crippen LogP contribution in [-0.2, 0) is 23.0 Å². The number of benzene rings is 2. The van der Waals surface area contributed by atoms with E-state index in [1.165, 1.54) is 18.3 Å². The van der Waals surface area contributed by atoms with Crippen LogP contribution in [0.2, 0.25) is 0 Å². The fourth-order valence-corrected chi connectivity index (χ4v) is 3.86. The first-order valence-corrected chi connectivity index (χ1v) is 9.66. The molecule has 8 nitrogen and oxygen atoms in total. The van der Waals surface area contributed by atoms with Crippen LogP contribution in [0, 0.1) is 10.1 Å². The number of nitro groups is 1. The van der Waals surface area contributed by atoms with Gasteiger partial charge in [0, 0.05) is 17.7 Å². The van der Waals surface area contributed by atoms with Crippen molar-refractivity contribution in [2.45, 2.75) is 24.8 Å². The molecule has 0 aliphatic heterocycles. The van der Waals surface area contributed by atoms with Gasteiger partial charge in [-0.25, -0.2) is 18.1 Å². The molecule has 1 aromatic heterocycles. The Morgan fingerprint density at radius 2 is 1.93 bits per heavy atom. The van der Waals surface area contributed by atoms with Crippen LogP contribution < -0.4 is 4.72 Å². The number of aryl methyl sites for hydroxylation is 1. The molecule has 0 bridgehead atoms. The second-order valence-corrected chi connectivity index (χ2v) is 7.45. The summed E-state index contributed by atoms with van der Waals surface area (Å²) < 4.78 is 33.2. The molecule has 1 N–H and O–H groups in total. The van der Waals surface area contributed by atoms with Crippen molar-refractivity contribution in [3.63, 3.8) is 0 Å². The fraction of sp³-hybridized carbons (Fsp3) is 0.167. The molecule has 3 aromatic rings. The lowest BCUT2D eigenvalue weighted by atomic mass is 10.1. The molecule has 0 saturated heterocycles. The number of rotatable bonds is 7. The summed E-state index contributed by atoms with van der Waals surface area (Å²) in [6, 6.07) is 13.1. The molecule has 0 saturated carbocycles. The van der Waals surface area contributed by atoms with Gasteiger partial charge in [0.25, 0.3) is 5.69 Å². The van der Waals surface area contributed by atoms with Gasteiger partial charge in [-0.3, -0.25) is 10.1 Å². The first-order valence-electron chi connectivity index (χ1n) is 8.18. The molecule has 0 aliphatic carbocycles. The second-order valence-electron chi connectivity index (χ2n) is 5.71. The number of hydrogen-bond donors (Lipinski definition) is 1. The number of sulfonamides is 1. The van der Waals surface area contributed by atoms with E-state index in [1.807, 2.05) is 30.3 Å². The van der Waals surface area contributed by atoms with Crippen LogP contribution in [0.25, 0.3) is 11.3 Å². The van der Waals surface area contributed by atoms with Gasteiger partial charge in [0.2, 0.25) is 15.9 Å². The SMILES string of the molecule is CCc1ccc([N+](=O)[O-])cc1S(=O)(=O)NCc1ncc(-c2ccccc2)o1. The van der Waals surface area contributed by atoms with Gasteiger partial charge in [-0.15, -0.1) is 0 Å². The summed E-state index contributed by atoms with van der Waals surface area (Å²) in [6.45, 7) is 1.61. The van der Waals surface area contributed by atoms with Crippen molar-refractivity contribution < 1.29 is 17.8 Å². The maximum Gasteiger partial charge on any atom is 0.270 e. The van der Waals surface area contributed by atoms with E-state index in [0.717, 1.165) is 11.6 Å². The highest BCUT2D eigenvalue weighted by molar-refractivity contribution is 7.89. The topological polar surface area (TPSA) is 115 Å². The van der Waals surface area contributed by atoms with Crippen LogP contribution in [-0.4, -0.2) is 18.3 Å². The second kappa shape index (κ2) is 7.68. The standard InChI is InChI=1S/C18H17N3O5S/c1-2-13-8-9-15(21(22)23)10-17(13)27(24,25)20-12-18-19-11-16(26-18)14-6-4-3-5-7-14/h3-11,20H,2,12H2,1H3. The summed E-state index contributed by atoms with van der Waals surface area (Å²) >= 11 is 0. The molecule has 0 unspecified atom stereocenters. The van der Waals surface area contributed by atoms with E-state index in [9.17, 15) is 18.5 Å². The Labute approximate surface area is 156 Å². The first kappa shape index (κ1) is 18.7. The molecule has 0 amide bonds. The molecule has 2 aromatic carbocycles. The van der Waals surface area contributed by atoms with E-state index in [2.05, 4.69) is 9.71 Å². The van der Waals surface area contributed by atoms with Crippen LogP contribution in [0.1, 0.15) is 18.4 Å². The Hall–Kier alpha value is -3.04. The van der Waals surface area contributed by atoms with Crippen LogP contribution in [0.5, 0.6) is 0 Å². The normalized spacial score (nSPS) is 11.4. The minimum absolute atomic E-state index is 0.117. The van der Waals surface area contributed by atoms with Crippen molar-refractivity contribution in [3.8, 4) is 11.3 Å². The third-order valence-electron chi connectivity index (χ3n) is 3.96. The highest BCUT2D eigenvalue weighted by Gasteiger charge is 2.22. The molecular formula is C18H17N3O5S. The van der Waals surface area contributed by atoms with Gasteiger partial charge in [-0.1, -0.05) is 43.3 Å². The maximum absolute atomic E-state index is 12.6. The molecule has 1 heterocycles. The number of non-ortho nitro benzene ring substituents is 1. The van der Waals surface area contributed by atoms with Gasteiger partial charge >= 0.3 is 0 Å². The minimum Gasteiger partial charge on any atom is -0.439 e. The highest BCUT2D eigenvalue weighted by atomic mass is 32.2. The summed E-state index contributed by atoms with van der Waals surface area (Å²) in [7, 11) is -3.97. The third kappa shape index (κ3) is 4.21. The smallest absolute Gasteiger partial charge is 0.270 e. The predicted molar refractivity (Wildman–Crippen MR) is 98.4 cm³/mol. The number of nitrogens with one attached hydrogen (secondary N) is 1. The van der Waals surface area contributed by atoms with Crippen molar-refractivity contribution in [2.75, 3.05) is 0 Å². The molecule has 0 spiro atoms. The van der Waals surface area contributed by atoms with E-state index in [1.54, 1.807) is 6.92 Å². The zero-order valence-electron chi connectivity index (χ0n) is 14.5. The Bertz CT molecular complexity index is 1060. The van der Waals surface area contributed by atoms with Crippen molar-refractivity contribution in [3.05, 3.63) is 76.3 Å². The molecule has 140 valence electrons. The Balaban J connectivity index is 1.81. The van der Waals surface area contributed by atoms with Crippen molar-refractivity contribution in [1.82, 2.24) is 9.71 Å². The molecule has 3 rings (SSSR count). The highest BCUT2D eigenvalue weighted by Crippen LogP contribution is 2.24. The molecule has 0 radical (unpaired) electrons. The minimum atomic E-state index is -3.97. The third-order valence-corrected chi connectivity index (χ3v) is 5.44. The van der Waals surface area contributed by atoms with E-state index in [-0.39, 0.29) is 23.0 Å². The summed E-state index contributed by atoms with van der Waals surface area (Å²) in [5, 5.41) is 11.0. The summed E-state index contributed by atoms with van der Waals surface area (Å²) in [5.41, 5.74) is 1.03. The average molecular weight is 387 g/mol. The number of aromatic nitrogens is 1. The van der Waals surface area contributed by atoms with Crippen LogP contribution >= 0.6 is 0 Å². The monoisotopic (exact) mass is 387 g/mol. The van der Waals surface area contributed by atoms with Crippen molar-refractivity contribution in [2.24, 2.45) is 0 Å². The lowest BCUT2D eigenvalue weighted by Gasteiger charge is -2.09. The lowest BCUT2D eigenvalue weighted by molar-refractivity contribution is -0.385. The van der Waals surface area contributed by atoms with Crippen molar-refractivity contribution >= 4 is 15.7 Å². The number of oxazole rings is 1. The first-order chi connectivity index (χ1) is 12.9. The molecule has 9 heteroatoms. The zero-order valence-corrected chi connectivity index (χ0v) is 15.3. The Morgan fingerprint density at radius 1 is 1.19 bits per heavy atom. The number of hydrogen-bond acceptors (Lipinski definition) is 6. The molecule has 0 aliphatic rings. The van der Waals surface area contributed by atoms with E-state index < -0.39 is 14.9 Å². The molecular weight excluding hydrogens is 370 g/mol. The van der Waals surface area contributed by atoms with E-state index in [4.69, 9.17) is 4.42 Å². The lowest BCUT2D eigenvalue weighted by Crippen LogP contribution is -2.24. The Kier molecular flexibility index (Phi) is 5.33. The van der Waals surface area contributed by atoms with Crippen LogP contribution in [0.4, 0.5) is 5.69 Å². The summed E-state index contributed by atoms with van der Waals surface area (Å²) in [4.78, 5) is 14.3. The molecule has 0 atom stereocenters. The van der Waals surface area contributed by atoms with Gasteiger partial charge in [0.15, 0.2) is 5.76 Å². The molecule has 27 heavy (non-hydrogen) atoms. The van der Waals surface area contributed by atoms with E-state index >= 15 is 0 Å². The number of nitrogens with zero attached hydrogens (tertiary/aromatic N) is 2.